The molecule has 1 amide bonds. The van der Waals surface area contributed by atoms with Crippen LogP contribution in [0, 0.1) is 17.8 Å². The Morgan fingerprint density at radius 2 is 1.65 bits per heavy atom. The zero-order valence-electron chi connectivity index (χ0n) is 12.0. The number of nitrogens with zero attached hydrogens (tertiary/aromatic N) is 1. The molecule has 0 spiro atoms. The topological polar surface area (TPSA) is 60.8 Å². The molecule has 5 heteroatoms. The SMILES string of the molecule is O=C(O)N(CCSCCO)C12CC3CC(CC(C3)C1)C2. The summed E-state index contributed by atoms with van der Waals surface area (Å²) < 4.78 is 0. The summed E-state index contributed by atoms with van der Waals surface area (Å²) in [7, 11) is 0. The maximum absolute atomic E-state index is 11.7. The van der Waals surface area contributed by atoms with Gasteiger partial charge in [-0.25, -0.2) is 4.79 Å². The zero-order chi connectivity index (χ0) is 14.2. The summed E-state index contributed by atoms with van der Waals surface area (Å²) in [6.45, 7) is 0.793. The summed E-state index contributed by atoms with van der Waals surface area (Å²) in [5, 5.41) is 18.5. The molecule has 4 aliphatic rings. The Hall–Kier alpha value is -0.420. The van der Waals surface area contributed by atoms with Gasteiger partial charge < -0.3 is 15.1 Å². The maximum Gasteiger partial charge on any atom is 0.407 e. The van der Waals surface area contributed by atoms with E-state index < -0.39 is 6.09 Å². The average molecular weight is 299 g/mol. The molecule has 0 aromatic heterocycles. The molecular formula is C15H25NO3S. The number of aliphatic hydroxyl groups excluding tert-OH is 1. The fraction of sp³-hybridized carbons (Fsp3) is 0.933. The molecule has 0 aromatic carbocycles. The molecule has 0 unspecified atom stereocenters. The molecule has 4 nitrogen and oxygen atoms in total. The molecule has 0 heterocycles. The summed E-state index contributed by atoms with van der Waals surface area (Å²) in [6.07, 6.45) is 6.56. The second-order valence-corrected chi connectivity index (χ2v) is 8.14. The molecular weight excluding hydrogens is 274 g/mol. The second kappa shape index (κ2) is 5.76. The first kappa shape index (κ1) is 14.5. The smallest absolute Gasteiger partial charge is 0.407 e. The number of rotatable bonds is 6. The van der Waals surface area contributed by atoms with E-state index in [4.69, 9.17) is 5.11 Å². The van der Waals surface area contributed by atoms with E-state index in [1.807, 2.05) is 0 Å². The van der Waals surface area contributed by atoms with Gasteiger partial charge in [0.1, 0.15) is 0 Å². The van der Waals surface area contributed by atoms with Gasteiger partial charge in [-0.3, -0.25) is 0 Å². The largest absolute Gasteiger partial charge is 0.465 e. The van der Waals surface area contributed by atoms with Crippen LogP contribution in [0.25, 0.3) is 0 Å². The van der Waals surface area contributed by atoms with Crippen molar-refractivity contribution in [1.82, 2.24) is 4.90 Å². The van der Waals surface area contributed by atoms with Crippen LogP contribution in [0.5, 0.6) is 0 Å². The minimum absolute atomic E-state index is 0.0552. The number of hydrogen-bond donors (Lipinski definition) is 2. The van der Waals surface area contributed by atoms with Crippen molar-refractivity contribution in [2.24, 2.45) is 17.8 Å². The Balaban J connectivity index is 1.68. The Labute approximate surface area is 124 Å². The molecule has 4 fully saturated rings. The first-order chi connectivity index (χ1) is 9.63. The monoisotopic (exact) mass is 299 g/mol. The Kier molecular flexibility index (Phi) is 4.18. The molecule has 4 bridgehead atoms. The molecule has 4 rings (SSSR count). The second-order valence-electron chi connectivity index (χ2n) is 6.91. The van der Waals surface area contributed by atoms with E-state index in [0.717, 1.165) is 42.8 Å². The molecule has 0 aliphatic heterocycles. The molecule has 0 atom stereocenters. The normalized spacial score (nSPS) is 38.1. The zero-order valence-corrected chi connectivity index (χ0v) is 12.8. The molecule has 4 aliphatic carbocycles. The van der Waals surface area contributed by atoms with E-state index in [1.165, 1.54) is 19.3 Å². The van der Waals surface area contributed by atoms with Crippen LogP contribution >= 0.6 is 11.8 Å². The van der Waals surface area contributed by atoms with Crippen molar-refractivity contribution in [2.75, 3.05) is 24.7 Å². The van der Waals surface area contributed by atoms with Gasteiger partial charge in [0.2, 0.25) is 0 Å². The maximum atomic E-state index is 11.7. The molecule has 0 saturated heterocycles. The highest BCUT2D eigenvalue weighted by Gasteiger charge is 2.54. The molecule has 2 N–H and O–H groups in total. The van der Waals surface area contributed by atoms with Crippen LogP contribution in [0.3, 0.4) is 0 Å². The predicted octanol–water partition coefficient (Wildman–Crippen LogP) is 2.66. The Morgan fingerprint density at radius 3 is 2.10 bits per heavy atom. The number of thioether (sulfide) groups is 1. The molecule has 114 valence electrons. The van der Waals surface area contributed by atoms with E-state index in [2.05, 4.69) is 0 Å². The predicted molar refractivity (Wildman–Crippen MR) is 80.0 cm³/mol. The minimum atomic E-state index is -0.739. The number of hydrogen-bond acceptors (Lipinski definition) is 3. The Bertz CT molecular complexity index is 339. The van der Waals surface area contributed by atoms with Gasteiger partial charge in [-0.1, -0.05) is 0 Å². The highest BCUT2D eigenvalue weighted by atomic mass is 32.2. The number of carbonyl (C=O) groups is 1. The van der Waals surface area contributed by atoms with E-state index in [0.29, 0.717) is 12.3 Å². The average Bonchev–Trinajstić information content (AvgIpc) is 2.36. The number of amides is 1. The van der Waals surface area contributed by atoms with Crippen LogP contribution in [0.1, 0.15) is 38.5 Å². The van der Waals surface area contributed by atoms with Crippen molar-refractivity contribution >= 4 is 17.9 Å². The summed E-state index contributed by atoms with van der Waals surface area (Å²) >= 11 is 1.65. The van der Waals surface area contributed by atoms with Crippen LogP contribution in [0.4, 0.5) is 4.79 Å². The lowest BCUT2D eigenvalue weighted by Gasteiger charge is -2.59. The van der Waals surface area contributed by atoms with Crippen LogP contribution in [0.15, 0.2) is 0 Å². The highest BCUT2D eigenvalue weighted by molar-refractivity contribution is 7.99. The molecule has 20 heavy (non-hydrogen) atoms. The lowest BCUT2D eigenvalue weighted by Crippen LogP contribution is -2.61. The number of aliphatic hydroxyl groups is 1. The highest BCUT2D eigenvalue weighted by Crippen LogP contribution is 2.57. The first-order valence-corrected chi connectivity index (χ1v) is 8.97. The van der Waals surface area contributed by atoms with Crippen LogP contribution in [-0.4, -0.2) is 51.4 Å². The minimum Gasteiger partial charge on any atom is -0.465 e. The fourth-order valence-electron chi connectivity index (χ4n) is 5.25. The first-order valence-electron chi connectivity index (χ1n) is 7.82. The third-order valence-electron chi connectivity index (χ3n) is 5.50. The van der Waals surface area contributed by atoms with E-state index in [1.54, 1.807) is 16.7 Å². The summed E-state index contributed by atoms with van der Waals surface area (Å²) in [6, 6.07) is 0. The van der Waals surface area contributed by atoms with E-state index in [-0.39, 0.29) is 12.1 Å². The van der Waals surface area contributed by atoms with E-state index in [9.17, 15) is 9.90 Å². The van der Waals surface area contributed by atoms with Crippen molar-refractivity contribution in [3.63, 3.8) is 0 Å². The number of carboxylic acid groups (broad SMARTS) is 1. The van der Waals surface area contributed by atoms with Crippen molar-refractivity contribution in [3.8, 4) is 0 Å². The van der Waals surface area contributed by atoms with Crippen LogP contribution in [-0.2, 0) is 0 Å². The van der Waals surface area contributed by atoms with Crippen LogP contribution in [0.2, 0.25) is 0 Å². The van der Waals surface area contributed by atoms with Gasteiger partial charge in [0.15, 0.2) is 0 Å². The standard InChI is InChI=1S/C15H25NO3S/c17-2-4-20-3-1-16(14(18)19)15-8-11-5-12(9-15)7-13(6-11)10-15/h11-13,17H,1-10H2,(H,18,19). The van der Waals surface area contributed by atoms with Gasteiger partial charge in [0, 0.05) is 23.6 Å². The van der Waals surface area contributed by atoms with Crippen molar-refractivity contribution in [1.29, 1.82) is 0 Å². The molecule has 0 radical (unpaired) electrons. The lowest BCUT2D eigenvalue weighted by molar-refractivity contribution is -0.0753. The molecule has 4 saturated carbocycles. The summed E-state index contributed by atoms with van der Waals surface area (Å²) in [4.78, 5) is 13.5. The van der Waals surface area contributed by atoms with Gasteiger partial charge in [0.25, 0.3) is 0 Å². The van der Waals surface area contributed by atoms with Gasteiger partial charge in [-0.15, -0.1) is 0 Å². The van der Waals surface area contributed by atoms with Crippen molar-refractivity contribution in [2.45, 2.75) is 44.1 Å². The van der Waals surface area contributed by atoms with Gasteiger partial charge in [-0.05, 0) is 56.3 Å². The summed E-state index contributed by atoms with van der Waals surface area (Å²) in [5.74, 6) is 3.82. The van der Waals surface area contributed by atoms with Crippen LogP contribution < -0.4 is 0 Å². The third-order valence-corrected chi connectivity index (χ3v) is 6.45. The van der Waals surface area contributed by atoms with Gasteiger partial charge in [-0.2, -0.15) is 11.8 Å². The Morgan fingerprint density at radius 1 is 1.10 bits per heavy atom. The third kappa shape index (κ3) is 2.67. The van der Waals surface area contributed by atoms with Crippen molar-refractivity contribution in [3.05, 3.63) is 0 Å². The quantitative estimate of drug-likeness (QED) is 0.740. The summed E-state index contributed by atoms with van der Waals surface area (Å²) in [5.41, 5.74) is -0.0552. The van der Waals surface area contributed by atoms with Gasteiger partial charge >= 0.3 is 6.09 Å². The molecule has 0 aromatic rings. The van der Waals surface area contributed by atoms with E-state index >= 15 is 0 Å². The van der Waals surface area contributed by atoms with Crippen molar-refractivity contribution < 1.29 is 15.0 Å². The van der Waals surface area contributed by atoms with Gasteiger partial charge in [0.05, 0.1) is 6.61 Å². The fourth-order valence-corrected chi connectivity index (χ4v) is 5.90. The lowest BCUT2D eigenvalue weighted by atomic mass is 9.52.